The van der Waals surface area contributed by atoms with Crippen molar-refractivity contribution >= 4 is 87.4 Å². The van der Waals surface area contributed by atoms with E-state index in [4.69, 9.17) is 20.3 Å². The summed E-state index contributed by atoms with van der Waals surface area (Å²) in [5, 5.41) is 11.7. The van der Waals surface area contributed by atoms with Gasteiger partial charge in [-0.25, -0.2) is 0 Å². The SMILES string of the molecule is CC(C(=O)NCCN1C(=O)C=CC1=O)c1ccc(CC2CCCC2=O)cc1.CC(C(=O)O)c1ccc(CC2CCCC2=O)cc1.CCOC(=O)C(C)c1ccc(CI)cc1.CCOC(=O)C1CCCC1=O.NCCN1C(=O)C=CC1=O. The number of rotatable bonds is 19. The number of carbonyl (C=O) groups excluding carboxylic acids is 10. The number of aliphatic carboxylic acids is 1. The average molecular weight is 1230 g/mol. The Morgan fingerprint density at radius 1 is 0.580 bits per heavy atom. The molecule has 436 valence electrons. The number of carboxylic acids is 1. The van der Waals surface area contributed by atoms with Crippen molar-refractivity contribution in [3.63, 3.8) is 0 Å². The van der Waals surface area contributed by atoms with Gasteiger partial charge < -0.3 is 25.6 Å². The maximum Gasteiger partial charge on any atom is 0.316 e. The number of nitrogens with two attached hydrogens (primary N) is 1. The van der Waals surface area contributed by atoms with Crippen molar-refractivity contribution < 1.29 is 67.3 Å². The van der Waals surface area contributed by atoms with E-state index in [2.05, 4.69) is 40.0 Å². The van der Waals surface area contributed by atoms with Crippen LogP contribution in [0.4, 0.5) is 0 Å². The van der Waals surface area contributed by atoms with E-state index in [1.54, 1.807) is 13.8 Å². The van der Waals surface area contributed by atoms with Crippen LogP contribution in [0.25, 0.3) is 0 Å². The molecule has 18 nitrogen and oxygen atoms in total. The van der Waals surface area contributed by atoms with Crippen molar-refractivity contribution in [3.8, 4) is 0 Å². The molecule has 0 radical (unpaired) electrons. The fourth-order valence-corrected chi connectivity index (χ4v) is 9.95. The van der Waals surface area contributed by atoms with E-state index in [0.717, 1.165) is 93.4 Å². The van der Waals surface area contributed by atoms with Gasteiger partial charge in [-0.1, -0.05) is 95.4 Å². The van der Waals surface area contributed by atoms with Crippen molar-refractivity contribution in [2.45, 2.75) is 127 Å². The molecule has 3 aromatic carbocycles. The number of carbonyl (C=O) groups is 11. The molecule has 3 fully saturated rings. The van der Waals surface area contributed by atoms with Crippen LogP contribution < -0.4 is 11.1 Å². The molecule has 8 rings (SSSR count). The lowest BCUT2D eigenvalue weighted by atomic mass is 9.94. The van der Waals surface area contributed by atoms with Crippen LogP contribution in [0.5, 0.6) is 0 Å². The summed E-state index contributed by atoms with van der Waals surface area (Å²) < 4.78 is 10.7. The van der Waals surface area contributed by atoms with Gasteiger partial charge in [-0.15, -0.1) is 0 Å². The Balaban J connectivity index is 0.000000229. The lowest BCUT2D eigenvalue weighted by Crippen LogP contribution is -2.39. The number of hydrogen-bond acceptors (Lipinski definition) is 14. The second kappa shape index (κ2) is 34.3. The van der Waals surface area contributed by atoms with Crippen LogP contribution in [0.3, 0.4) is 0 Å². The van der Waals surface area contributed by atoms with Crippen LogP contribution in [0.2, 0.25) is 0 Å². The standard InChI is InChI=1S/C21H24N2O4.C15H18O3.C12H15IO2.C8H12O3.C6H8N2O2/c1-14(21(27)22-11-12-23-19(25)9-10-20(23)26)16-7-5-15(6-8-16)13-17-3-2-4-18(17)24;1-10(15(17)18)12-7-5-11(6-8-12)9-13-3-2-4-14(13)16;1-3-15-12(14)9(2)11-6-4-10(8-13)5-7-11;1-2-11-8(10)6-4-3-5-7(6)9;7-3-4-8-5(9)1-2-6(8)10/h5-10,14,17H,2-4,11-13H2,1H3,(H,22,27);5-8,10,13H,2-4,9H2,1H3,(H,17,18);4-7,9H,3,8H2,1-2H3;6H,2-5H2,1H3;1-2H,3-4,7H2. The zero-order chi connectivity index (χ0) is 59.6. The van der Waals surface area contributed by atoms with E-state index in [0.29, 0.717) is 57.1 Å². The number of carboxylic acid groups (broad SMARTS) is 1. The van der Waals surface area contributed by atoms with Crippen molar-refractivity contribution in [1.29, 1.82) is 0 Å². The van der Waals surface area contributed by atoms with Gasteiger partial charge in [0.25, 0.3) is 23.6 Å². The van der Waals surface area contributed by atoms with Crippen LogP contribution in [0.15, 0.2) is 97.1 Å². The molecule has 0 aromatic heterocycles. The van der Waals surface area contributed by atoms with Gasteiger partial charge in [0.1, 0.15) is 23.3 Å². The minimum absolute atomic E-state index is 0.0449. The summed E-state index contributed by atoms with van der Waals surface area (Å²) in [6.07, 6.45) is 14.0. The van der Waals surface area contributed by atoms with E-state index in [-0.39, 0.29) is 84.0 Å². The topological polar surface area (TPSA) is 271 Å². The van der Waals surface area contributed by atoms with E-state index in [1.807, 2.05) is 81.4 Å². The first kappa shape index (κ1) is 66.5. The van der Waals surface area contributed by atoms with Gasteiger partial charge in [-0.3, -0.25) is 62.5 Å². The van der Waals surface area contributed by atoms with Gasteiger partial charge in [0.15, 0.2) is 0 Å². The summed E-state index contributed by atoms with van der Waals surface area (Å²) in [4.78, 5) is 127. The maximum atomic E-state index is 12.3. The monoisotopic (exact) mass is 1230 g/mol. The smallest absolute Gasteiger partial charge is 0.316 e. The van der Waals surface area contributed by atoms with E-state index < -0.39 is 17.8 Å². The third-order valence-electron chi connectivity index (χ3n) is 14.5. The number of ether oxygens (including phenoxy) is 2. The van der Waals surface area contributed by atoms with Gasteiger partial charge >= 0.3 is 17.9 Å². The molecule has 4 N–H and O–H groups in total. The first-order valence-corrected chi connectivity index (χ1v) is 29.3. The number of halogens is 1. The molecule has 6 atom stereocenters. The number of alkyl halides is 1. The molecule has 3 saturated carbocycles. The van der Waals surface area contributed by atoms with E-state index in [1.165, 1.54) is 29.9 Å². The fourth-order valence-electron chi connectivity index (χ4n) is 9.44. The zero-order valence-electron chi connectivity index (χ0n) is 47.0. The predicted octanol–water partition coefficient (Wildman–Crippen LogP) is 7.61. The molecule has 0 bridgehead atoms. The van der Waals surface area contributed by atoms with Crippen LogP contribution in [-0.4, -0.2) is 119 Å². The fraction of sp³-hybridized carbons (Fsp3) is 0.468. The average Bonchev–Trinajstić information content (AvgIpc) is 4.34. The van der Waals surface area contributed by atoms with Crippen LogP contribution in [0.1, 0.15) is 144 Å². The number of hydrogen-bond donors (Lipinski definition) is 3. The number of esters is 2. The zero-order valence-corrected chi connectivity index (χ0v) is 49.2. The molecular weight excluding hydrogens is 1150 g/mol. The molecule has 2 heterocycles. The van der Waals surface area contributed by atoms with E-state index in [9.17, 15) is 52.7 Å². The number of ketones is 3. The summed E-state index contributed by atoms with van der Waals surface area (Å²) in [7, 11) is 0. The van der Waals surface area contributed by atoms with Crippen LogP contribution in [0, 0.1) is 17.8 Å². The van der Waals surface area contributed by atoms with Gasteiger partial charge in [0, 0.05) is 86.0 Å². The number of nitrogens with zero attached hydrogens (tertiary/aromatic N) is 2. The number of Topliss-reactive ketones (excluding diaryl/α,β-unsaturated/α-hetero) is 3. The molecule has 81 heavy (non-hydrogen) atoms. The molecule has 0 saturated heterocycles. The van der Waals surface area contributed by atoms with Crippen molar-refractivity contribution in [3.05, 3.63) is 130 Å². The first-order chi connectivity index (χ1) is 38.7. The van der Waals surface area contributed by atoms with Gasteiger partial charge in [0.05, 0.1) is 31.0 Å². The Hall–Kier alpha value is -7.00. The normalized spacial score (nSPS) is 19.0. The third kappa shape index (κ3) is 21.1. The minimum atomic E-state index is -0.811. The Kier molecular flexibility index (Phi) is 28.2. The highest BCUT2D eigenvalue weighted by atomic mass is 127. The largest absolute Gasteiger partial charge is 0.481 e. The number of nitrogens with one attached hydrogen (secondary N) is 1. The quantitative estimate of drug-likeness (QED) is 0.0343. The van der Waals surface area contributed by atoms with Crippen LogP contribution in [-0.2, 0) is 79.5 Å². The minimum Gasteiger partial charge on any atom is -0.481 e. The molecule has 3 aliphatic carbocycles. The molecule has 5 aliphatic rings. The van der Waals surface area contributed by atoms with Gasteiger partial charge in [-0.05, 0) is 119 Å². The molecule has 2 aliphatic heterocycles. The first-order valence-electron chi connectivity index (χ1n) is 27.7. The molecule has 0 spiro atoms. The number of benzene rings is 3. The van der Waals surface area contributed by atoms with Gasteiger partial charge in [0.2, 0.25) is 5.91 Å². The summed E-state index contributed by atoms with van der Waals surface area (Å²) >= 11 is 2.32. The highest BCUT2D eigenvalue weighted by Crippen LogP contribution is 2.28. The summed E-state index contributed by atoms with van der Waals surface area (Å²) in [6, 6.07) is 23.5. The lowest BCUT2D eigenvalue weighted by molar-refractivity contribution is -0.151. The highest BCUT2D eigenvalue weighted by molar-refractivity contribution is 14.1. The summed E-state index contributed by atoms with van der Waals surface area (Å²) in [5.41, 5.74) is 11.4. The molecule has 19 heteroatoms. The van der Waals surface area contributed by atoms with Crippen molar-refractivity contribution in [1.82, 2.24) is 15.1 Å². The summed E-state index contributed by atoms with van der Waals surface area (Å²) in [5.74, 6) is -3.04. The highest BCUT2D eigenvalue weighted by Gasteiger charge is 2.32. The van der Waals surface area contributed by atoms with Gasteiger partial charge in [-0.2, -0.15) is 0 Å². The molecule has 3 aromatic rings. The third-order valence-corrected chi connectivity index (χ3v) is 15.4. The van der Waals surface area contributed by atoms with Crippen molar-refractivity contribution in [2.75, 3.05) is 39.4 Å². The van der Waals surface area contributed by atoms with Crippen LogP contribution >= 0.6 is 22.6 Å². The Bertz CT molecular complexity index is 2700. The second-order valence-corrected chi connectivity index (χ2v) is 21.0. The molecule has 6 unspecified atom stereocenters. The Morgan fingerprint density at radius 2 is 0.988 bits per heavy atom. The maximum absolute atomic E-state index is 12.3. The molecular formula is C62H77IN4O14. The second-order valence-electron chi connectivity index (χ2n) is 20.2. The Morgan fingerprint density at radius 3 is 1.37 bits per heavy atom. The predicted molar refractivity (Wildman–Crippen MR) is 311 cm³/mol. The number of imide groups is 2. The summed E-state index contributed by atoms with van der Waals surface area (Å²) in [6.45, 7) is 10.8. The Labute approximate surface area is 488 Å². The van der Waals surface area contributed by atoms with E-state index >= 15 is 0 Å². The lowest BCUT2D eigenvalue weighted by Gasteiger charge is -2.17. The van der Waals surface area contributed by atoms with Crippen molar-refractivity contribution in [2.24, 2.45) is 23.5 Å². The molecule has 5 amide bonds. The number of amides is 5.